The van der Waals surface area contributed by atoms with Crippen LogP contribution in [-0.4, -0.2) is 7.05 Å². The first-order chi connectivity index (χ1) is 9.72. The van der Waals surface area contributed by atoms with Crippen LogP contribution in [0.5, 0.6) is 11.5 Å². The van der Waals surface area contributed by atoms with Crippen LogP contribution in [0.25, 0.3) is 0 Å². The molecule has 1 unspecified atom stereocenters. The highest BCUT2D eigenvalue weighted by molar-refractivity contribution is 5.35. The molecule has 0 aromatic heterocycles. The van der Waals surface area contributed by atoms with Crippen molar-refractivity contribution in [1.29, 1.82) is 0 Å². The minimum absolute atomic E-state index is 0.602. The standard InChI is InChI=1S/C18H23NO/c1-4-14(2)16-7-11-18(12-8-16)20-17-9-5-15(6-10-17)13-19-3/h5-12,14,19H,4,13H2,1-3H3. The van der Waals surface area contributed by atoms with Crippen LogP contribution < -0.4 is 10.1 Å². The third-order valence-corrected chi connectivity index (χ3v) is 3.60. The Bertz CT molecular complexity index is 516. The third-order valence-electron chi connectivity index (χ3n) is 3.60. The molecule has 106 valence electrons. The predicted octanol–water partition coefficient (Wildman–Crippen LogP) is 4.71. The van der Waals surface area contributed by atoms with Gasteiger partial charge in [-0.15, -0.1) is 0 Å². The Balaban J connectivity index is 2.02. The van der Waals surface area contributed by atoms with Gasteiger partial charge >= 0.3 is 0 Å². The molecule has 0 aliphatic carbocycles. The summed E-state index contributed by atoms with van der Waals surface area (Å²) in [6.07, 6.45) is 1.16. The molecular formula is C18H23NO. The first-order valence-electron chi connectivity index (χ1n) is 7.24. The molecule has 2 aromatic carbocycles. The van der Waals surface area contributed by atoms with Gasteiger partial charge in [0.1, 0.15) is 11.5 Å². The molecule has 1 atom stereocenters. The Morgan fingerprint density at radius 2 is 1.50 bits per heavy atom. The molecule has 0 amide bonds. The second-order valence-corrected chi connectivity index (χ2v) is 5.15. The zero-order valence-electron chi connectivity index (χ0n) is 12.5. The van der Waals surface area contributed by atoms with Crippen LogP contribution in [0.3, 0.4) is 0 Å². The lowest BCUT2D eigenvalue weighted by molar-refractivity contribution is 0.482. The number of hydrogen-bond acceptors (Lipinski definition) is 2. The summed E-state index contributed by atoms with van der Waals surface area (Å²) in [6, 6.07) is 16.6. The van der Waals surface area contributed by atoms with Crippen molar-refractivity contribution in [1.82, 2.24) is 5.32 Å². The second kappa shape index (κ2) is 7.11. The van der Waals surface area contributed by atoms with E-state index >= 15 is 0 Å². The smallest absolute Gasteiger partial charge is 0.127 e. The van der Waals surface area contributed by atoms with E-state index < -0.39 is 0 Å². The molecule has 2 aromatic rings. The van der Waals surface area contributed by atoms with Crippen molar-refractivity contribution in [3.05, 3.63) is 59.7 Å². The topological polar surface area (TPSA) is 21.3 Å². The molecule has 2 heteroatoms. The predicted molar refractivity (Wildman–Crippen MR) is 84.4 cm³/mol. The summed E-state index contributed by atoms with van der Waals surface area (Å²) in [5.41, 5.74) is 2.62. The molecule has 0 fully saturated rings. The van der Waals surface area contributed by atoms with Gasteiger partial charge in [-0.05, 0) is 54.8 Å². The van der Waals surface area contributed by atoms with Crippen LogP contribution in [0.15, 0.2) is 48.5 Å². The Morgan fingerprint density at radius 3 is 2.00 bits per heavy atom. The van der Waals surface area contributed by atoms with Crippen molar-refractivity contribution in [2.75, 3.05) is 7.05 Å². The highest BCUT2D eigenvalue weighted by atomic mass is 16.5. The first kappa shape index (κ1) is 14.6. The van der Waals surface area contributed by atoms with Gasteiger partial charge in [-0.2, -0.15) is 0 Å². The van der Waals surface area contributed by atoms with Crippen molar-refractivity contribution in [3.63, 3.8) is 0 Å². The fraction of sp³-hybridized carbons (Fsp3) is 0.333. The summed E-state index contributed by atoms with van der Waals surface area (Å²) in [5, 5.41) is 3.13. The van der Waals surface area contributed by atoms with Crippen LogP contribution in [0, 0.1) is 0 Å². The molecule has 0 radical (unpaired) electrons. The van der Waals surface area contributed by atoms with E-state index in [1.807, 2.05) is 31.3 Å². The maximum Gasteiger partial charge on any atom is 0.127 e. The highest BCUT2D eigenvalue weighted by Gasteiger charge is 2.03. The van der Waals surface area contributed by atoms with Gasteiger partial charge < -0.3 is 10.1 Å². The second-order valence-electron chi connectivity index (χ2n) is 5.15. The van der Waals surface area contributed by atoms with Gasteiger partial charge in [0.2, 0.25) is 0 Å². The molecule has 0 aliphatic rings. The molecular weight excluding hydrogens is 246 g/mol. The van der Waals surface area contributed by atoms with Crippen LogP contribution in [0.1, 0.15) is 37.3 Å². The Labute approximate surface area is 121 Å². The SMILES string of the molecule is CCC(C)c1ccc(Oc2ccc(CNC)cc2)cc1. The Morgan fingerprint density at radius 1 is 0.950 bits per heavy atom. The monoisotopic (exact) mass is 269 g/mol. The fourth-order valence-corrected chi connectivity index (χ4v) is 2.12. The molecule has 20 heavy (non-hydrogen) atoms. The number of benzene rings is 2. The van der Waals surface area contributed by atoms with E-state index in [-0.39, 0.29) is 0 Å². The van der Waals surface area contributed by atoms with E-state index in [1.165, 1.54) is 11.1 Å². The number of nitrogens with one attached hydrogen (secondary N) is 1. The van der Waals surface area contributed by atoms with Crippen LogP contribution in [0.4, 0.5) is 0 Å². The number of ether oxygens (including phenoxy) is 1. The summed E-state index contributed by atoms with van der Waals surface area (Å²) < 4.78 is 5.86. The molecule has 0 saturated heterocycles. The lowest BCUT2D eigenvalue weighted by Gasteiger charge is -2.11. The minimum atomic E-state index is 0.602. The summed E-state index contributed by atoms with van der Waals surface area (Å²) in [4.78, 5) is 0. The van der Waals surface area contributed by atoms with Gasteiger partial charge in [-0.1, -0.05) is 38.1 Å². The molecule has 0 saturated carbocycles. The van der Waals surface area contributed by atoms with Gasteiger partial charge in [0, 0.05) is 6.54 Å². The molecule has 2 nitrogen and oxygen atoms in total. The first-order valence-corrected chi connectivity index (χ1v) is 7.24. The average molecular weight is 269 g/mol. The van der Waals surface area contributed by atoms with E-state index in [9.17, 15) is 0 Å². The van der Waals surface area contributed by atoms with E-state index in [4.69, 9.17) is 4.74 Å². The Hall–Kier alpha value is -1.80. The minimum Gasteiger partial charge on any atom is -0.457 e. The van der Waals surface area contributed by atoms with Crippen LogP contribution in [0.2, 0.25) is 0 Å². The molecule has 0 heterocycles. The third kappa shape index (κ3) is 3.84. The lowest BCUT2D eigenvalue weighted by Crippen LogP contribution is -2.04. The van der Waals surface area contributed by atoms with Crippen LogP contribution in [-0.2, 0) is 6.54 Å². The molecule has 0 aliphatic heterocycles. The highest BCUT2D eigenvalue weighted by Crippen LogP contribution is 2.25. The zero-order chi connectivity index (χ0) is 14.4. The van der Waals surface area contributed by atoms with Crippen molar-refractivity contribution in [3.8, 4) is 11.5 Å². The van der Waals surface area contributed by atoms with Crippen molar-refractivity contribution >= 4 is 0 Å². The summed E-state index contributed by atoms with van der Waals surface area (Å²) in [7, 11) is 1.95. The molecule has 1 N–H and O–H groups in total. The van der Waals surface area contributed by atoms with Crippen LogP contribution >= 0.6 is 0 Å². The average Bonchev–Trinajstić information content (AvgIpc) is 2.49. The summed E-state index contributed by atoms with van der Waals surface area (Å²) in [6.45, 7) is 5.34. The molecule has 0 spiro atoms. The van der Waals surface area contributed by atoms with E-state index in [0.29, 0.717) is 5.92 Å². The van der Waals surface area contributed by atoms with E-state index in [0.717, 1.165) is 24.5 Å². The van der Waals surface area contributed by atoms with Crippen molar-refractivity contribution < 1.29 is 4.74 Å². The Kier molecular flexibility index (Phi) is 5.19. The molecule has 0 bridgehead atoms. The van der Waals surface area contributed by atoms with Gasteiger partial charge in [-0.3, -0.25) is 0 Å². The fourth-order valence-electron chi connectivity index (χ4n) is 2.12. The summed E-state index contributed by atoms with van der Waals surface area (Å²) >= 11 is 0. The largest absolute Gasteiger partial charge is 0.457 e. The van der Waals surface area contributed by atoms with Crippen molar-refractivity contribution in [2.24, 2.45) is 0 Å². The summed E-state index contributed by atoms with van der Waals surface area (Å²) in [5.74, 6) is 2.37. The normalized spacial score (nSPS) is 12.2. The van der Waals surface area contributed by atoms with Gasteiger partial charge in [0.05, 0.1) is 0 Å². The van der Waals surface area contributed by atoms with Gasteiger partial charge in [0.15, 0.2) is 0 Å². The van der Waals surface area contributed by atoms with Gasteiger partial charge in [-0.25, -0.2) is 0 Å². The molecule has 2 rings (SSSR count). The lowest BCUT2D eigenvalue weighted by atomic mass is 9.99. The maximum absolute atomic E-state index is 5.86. The maximum atomic E-state index is 5.86. The van der Waals surface area contributed by atoms with E-state index in [2.05, 4.69) is 43.4 Å². The quantitative estimate of drug-likeness (QED) is 0.820. The number of hydrogen-bond donors (Lipinski definition) is 1. The van der Waals surface area contributed by atoms with Gasteiger partial charge in [0.25, 0.3) is 0 Å². The zero-order valence-corrected chi connectivity index (χ0v) is 12.5. The van der Waals surface area contributed by atoms with E-state index in [1.54, 1.807) is 0 Å². The number of rotatable bonds is 6. The van der Waals surface area contributed by atoms with Crippen molar-refractivity contribution in [2.45, 2.75) is 32.7 Å².